The van der Waals surface area contributed by atoms with Gasteiger partial charge in [-0.05, 0) is 105 Å². The Morgan fingerprint density at radius 1 is 0.346 bits per heavy atom. The van der Waals surface area contributed by atoms with Gasteiger partial charge in [0.15, 0.2) is 0 Å². The van der Waals surface area contributed by atoms with Crippen LogP contribution in [0.3, 0.4) is 0 Å². The summed E-state index contributed by atoms with van der Waals surface area (Å²) < 4.78 is 2.37. The fourth-order valence-corrected chi connectivity index (χ4v) is 8.45. The third-order valence-electron chi connectivity index (χ3n) is 9.19. The van der Waals surface area contributed by atoms with Gasteiger partial charge in [0.1, 0.15) is 10.0 Å². The molecule has 0 spiro atoms. The first kappa shape index (κ1) is 31.3. The Morgan fingerprint density at radius 2 is 0.673 bits per heavy atom. The lowest BCUT2D eigenvalue weighted by atomic mass is 9.92. The maximum absolute atomic E-state index is 9.50. The fourth-order valence-electron chi connectivity index (χ4n) is 6.51. The number of fused-ring (bicyclic) bond motifs is 2. The van der Waals surface area contributed by atoms with E-state index in [1.54, 1.807) is 28.7 Å². The maximum Gasteiger partial charge on any atom is 0.124 e. The Kier molecular flexibility index (Phi) is 7.95. The van der Waals surface area contributed by atoms with Gasteiger partial charge in [-0.3, -0.25) is 0 Å². The highest BCUT2D eigenvalue weighted by Gasteiger charge is 2.12. The van der Waals surface area contributed by atoms with Gasteiger partial charge in [-0.1, -0.05) is 97.1 Å². The highest BCUT2D eigenvalue weighted by Crippen LogP contribution is 2.37. The second-order valence-corrected chi connectivity index (χ2v) is 14.6. The molecule has 0 unspecified atom stereocenters. The zero-order chi connectivity index (χ0) is 35.0. The lowest BCUT2D eigenvalue weighted by molar-refractivity contribution is 1.44. The summed E-state index contributed by atoms with van der Waals surface area (Å²) in [5.74, 6) is 0. The van der Waals surface area contributed by atoms with Gasteiger partial charge in [0.2, 0.25) is 0 Å². The van der Waals surface area contributed by atoms with E-state index in [1.165, 1.54) is 9.40 Å². The van der Waals surface area contributed by atoms with Crippen LogP contribution < -0.4 is 0 Å². The molecule has 0 bridgehead atoms. The third kappa shape index (κ3) is 6.04. The predicted molar refractivity (Wildman–Crippen MR) is 215 cm³/mol. The Morgan fingerprint density at radius 3 is 1.02 bits per heavy atom. The fraction of sp³-hybridized carbons (Fsp3) is 0. The van der Waals surface area contributed by atoms with Gasteiger partial charge in [-0.2, -0.15) is 10.5 Å². The number of hydrogen-bond acceptors (Lipinski definition) is 6. The summed E-state index contributed by atoms with van der Waals surface area (Å²) in [6.07, 6.45) is 0. The summed E-state index contributed by atoms with van der Waals surface area (Å²) in [6, 6.07) is 58.5. The van der Waals surface area contributed by atoms with Crippen molar-refractivity contribution in [3.8, 4) is 77.8 Å². The summed E-state index contributed by atoms with van der Waals surface area (Å²) in [4.78, 5) is 9.73. The molecule has 0 amide bonds. The molecule has 0 radical (unpaired) electrons. The first-order chi connectivity index (χ1) is 25.6. The quantitative estimate of drug-likeness (QED) is 0.173. The molecule has 2 aromatic heterocycles. The van der Waals surface area contributed by atoms with Crippen LogP contribution in [-0.2, 0) is 0 Å². The summed E-state index contributed by atoms with van der Waals surface area (Å²) in [6.45, 7) is 0. The van der Waals surface area contributed by atoms with Crippen LogP contribution in [0, 0.1) is 22.7 Å². The second-order valence-electron chi connectivity index (χ2n) is 12.5. The van der Waals surface area contributed by atoms with Crippen LogP contribution in [-0.4, -0.2) is 9.97 Å². The van der Waals surface area contributed by atoms with E-state index >= 15 is 0 Å². The monoisotopic (exact) mass is 698 g/mol. The van der Waals surface area contributed by atoms with Crippen molar-refractivity contribution in [2.24, 2.45) is 0 Å². The van der Waals surface area contributed by atoms with Crippen molar-refractivity contribution < 1.29 is 0 Å². The van der Waals surface area contributed by atoms with E-state index in [-0.39, 0.29) is 0 Å². The third-order valence-corrected chi connectivity index (χ3v) is 11.4. The van der Waals surface area contributed by atoms with Crippen molar-refractivity contribution in [2.45, 2.75) is 0 Å². The Hall–Kier alpha value is -6.70. The molecular formula is C46H26N4S2. The highest BCUT2D eigenvalue weighted by molar-refractivity contribution is 7.22. The Balaban J connectivity index is 1.10. The average Bonchev–Trinajstić information content (AvgIpc) is 3.86. The largest absolute Gasteiger partial charge is 0.236 e. The van der Waals surface area contributed by atoms with Crippen molar-refractivity contribution in [2.75, 3.05) is 0 Å². The zero-order valence-electron chi connectivity index (χ0n) is 27.6. The van der Waals surface area contributed by atoms with E-state index in [9.17, 15) is 10.5 Å². The molecule has 0 saturated heterocycles. The van der Waals surface area contributed by atoms with Crippen molar-refractivity contribution in [3.63, 3.8) is 0 Å². The molecule has 6 heteroatoms. The first-order valence-electron chi connectivity index (χ1n) is 16.7. The van der Waals surface area contributed by atoms with Crippen LogP contribution in [0.1, 0.15) is 11.1 Å². The van der Waals surface area contributed by atoms with E-state index in [0.717, 1.165) is 76.7 Å². The number of nitrogens with zero attached hydrogens (tertiary/aromatic N) is 4. The summed E-state index contributed by atoms with van der Waals surface area (Å²) in [5.41, 5.74) is 13.6. The zero-order valence-corrected chi connectivity index (χ0v) is 29.2. The first-order valence-corrected chi connectivity index (χ1v) is 18.4. The molecule has 2 heterocycles. The standard InChI is InChI=1S/C46H26N4S2/c47-27-29-21-30(28-48)23-37(22-29)31-9-11-32(12-10-31)38-24-39(33-13-17-35(18-14-33)45-49-41-5-1-3-7-43(41)51-45)26-40(25-38)34-15-19-36(20-16-34)46-50-42-6-2-4-8-44(42)52-46/h1-26H. The minimum absolute atomic E-state index is 0.471. The predicted octanol–water partition coefficient (Wildman–Crippen LogP) is 12.7. The smallest absolute Gasteiger partial charge is 0.124 e. The molecule has 9 aromatic rings. The van der Waals surface area contributed by atoms with Crippen molar-refractivity contribution in [1.82, 2.24) is 9.97 Å². The van der Waals surface area contributed by atoms with Crippen LogP contribution in [0.15, 0.2) is 158 Å². The SMILES string of the molecule is N#Cc1cc(C#N)cc(-c2ccc(-c3cc(-c4ccc(-c5nc6ccccc6s5)cc4)cc(-c4ccc(-c5nc6ccccc6s5)cc4)c3)cc2)c1. The van der Waals surface area contributed by atoms with Crippen LogP contribution in [0.5, 0.6) is 0 Å². The molecule has 0 aliphatic rings. The summed E-state index contributed by atoms with van der Waals surface area (Å²) >= 11 is 3.42. The maximum atomic E-state index is 9.50. The number of hydrogen-bond donors (Lipinski definition) is 0. The van der Waals surface area contributed by atoms with Gasteiger partial charge in [0.25, 0.3) is 0 Å². The van der Waals surface area contributed by atoms with Gasteiger partial charge < -0.3 is 0 Å². The molecule has 0 atom stereocenters. The van der Waals surface area contributed by atoms with Crippen molar-refractivity contribution in [3.05, 3.63) is 169 Å². The van der Waals surface area contributed by atoms with Crippen LogP contribution in [0.25, 0.3) is 86.1 Å². The van der Waals surface area contributed by atoms with Crippen LogP contribution in [0.4, 0.5) is 0 Å². The van der Waals surface area contributed by atoms with Crippen molar-refractivity contribution in [1.29, 1.82) is 10.5 Å². The Labute approximate surface area is 308 Å². The molecule has 0 aliphatic heterocycles. The normalized spacial score (nSPS) is 11.0. The van der Waals surface area contributed by atoms with Crippen LogP contribution >= 0.6 is 22.7 Å². The molecule has 52 heavy (non-hydrogen) atoms. The topological polar surface area (TPSA) is 73.4 Å². The molecule has 0 aliphatic carbocycles. The van der Waals surface area contributed by atoms with E-state index in [0.29, 0.717) is 11.1 Å². The minimum Gasteiger partial charge on any atom is -0.236 e. The number of aromatic nitrogens is 2. The number of rotatable bonds is 6. The Bertz CT molecular complexity index is 2620. The number of para-hydroxylation sites is 2. The molecular weight excluding hydrogens is 673 g/mol. The second kappa shape index (κ2) is 13.2. The molecule has 4 nitrogen and oxygen atoms in total. The summed E-state index contributed by atoms with van der Waals surface area (Å²) in [7, 11) is 0. The summed E-state index contributed by atoms with van der Waals surface area (Å²) in [5, 5.41) is 21.0. The number of benzene rings is 7. The lowest BCUT2D eigenvalue weighted by Crippen LogP contribution is -1.88. The number of thiazole rings is 2. The van der Waals surface area contributed by atoms with E-state index in [4.69, 9.17) is 9.97 Å². The van der Waals surface area contributed by atoms with Gasteiger partial charge in [0.05, 0.1) is 43.7 Å². The molecule has 242 valence electrons. The van der Waals surface area contributed by atoms with Crippen LogP contribution in [0.2, 0.25) is 0 Å². The molecule has 0 N–H and O–H groups in total. The van der Waals surface area contributed by atoms with Crippen molar-refractivity contribution >= 4 is 43.1 Å². The molecule has 0 saturated carbocycles. The van der Waals surface area contributed by atoms with Gasteiger partial charge >= 0.3 is 0 Å². The molecule has 7 aromatic carbocycles. The van der Waals surface area contributed by atoms with E-state index in [2.05, 4.69) is 140 Å². The van der Waals surface area contributed by atoms with Gasteiger partial charge in [-0.25, -0.2) is 9.97 Å². The van der Waals surface area contributed by atoms with Gasteiger partial charge in [-0.15, -0.1) is 22.7 Å². The number of nitriles is 2. The molecule has 0 fully saturated rings. The van der Waals surface area contributed by atoms with E-state index in [1.807, 2.05) is 24.3 Å². The highest BCUT2D eigenvalue weighted by atomic mass is 32.1. The minimum atomic E-state index is 0.471. The lowest BCUT2D eigenvalue weighted by Gasteiger charge is -2.13. The average molecular weight is 699 g/mol. The van der Waals surface area contributed by atoms with E-state index < -0.39 is 0 Å². The van der Waals surface area contributed by atoms with Gasteiger partial charge in [0, 0.05) is 11.1 Å². The molecule has 9 rings (SSSR count).